The van der Waals surface area contributed by atoms with E-state index in [1.807, 2.05) is 18.4 Å². The van der Waals surface area contributed by atoms with E-state index < -0.39 is 0 Å². The number of benzene rings is 2. The standard InChI is InChI=1S/C25H24N6S/c1-15-5-9-19(10-6-15)13-21-17(3)26-18(4)27-23(21)28-24-29-25-31(30-24)22(14-32-25)20-11-7-16(2)8-12-20/h5-12,14H,13H2,1-4H3,(H,26,27,28,30). The molecule has 5 rings (SSSR count). The third kappa shape index (κ3) is 3.99. The van der Waals surface area contributed by atoms with Gasteiger partial charge in [0, 0.05) is 28.6 Å². The van der Waals surface area contributed by atoms with Gasteiger partial charge in [-0.15, -0.1) is 16.4 Å². The molecular weight excluding hydrogens is 416 g/mol. The van der Waals surface area contributed by atoms with Gasteiger partial charge in [0.05, 0.1) is 5.69 Å². The molecule has 0 amide bonds. The lowest BCUT2D eigenvalue weighted by molar-refractivity contribution is 0.952. The summed E-state index contributed by atoms with van der Waals surface area (Å²) >= 11 is 1.58. The molecule has 0 bridgehead atoms. The number of aryl methyl sites for hydroxylation is 4. The van der Waals surface area contributed by atoms with Crippen molar-refractivity contribution in [3.05, 3.63) is 87.7 Å². The monoisotopic (exact) mass is 440 g/mol. The fraction of sp³-hybridized carbons (Fsp3) is 0.200. The maximum absolute atomic E-state index is 4.73. The molecular formula is C25H24N6S. The van der Waals surface area contributed by atoms with Gasteiger partial charge in [0.15, 0.2) is 0 Å². The maximum Gasteiger partial charge on any atom is 0.249 e. The second kappa shape index (κ2) is 8.16. The Morgan fingerprint density at radius 2 is 1.53 bits per heavy atom. The average Bonchev–Trinajstić information content (AvgIpc) is 3.33. The van der Waals surface area contributed by atoms with Gasteiger partial charge < -0.3 is 5.32 Å². The highest BCUT2D eigenvalue weighted by molar-refractivity contribution is 7.15. The zero-order valence-electron chi connectivity index (χ0n) is 18.5. The average molecular weight is 441 g/mol. The van der Waals surface area contributed by atoms with Crippen molar-refractivity contribution in [3.8, 4) is 11.3 Å². The first kappa shape index (κ1) is 20.3. The van der Waals surface area contributed by atoms with Crippen molar-refractivity contribution >= 4 is 28.1 Å². The van der Waals surface area contributed by atoms with E-state index in [4.69, 9.17) is 5.10 Å². The van der Waals surface area contributed by atoms with Crippen LogP contribution in [0.4, 0.5) is 11.8 Å². The molecule has 3 aromatic heterocycles. The van der Waals surface area contributed by atoms with Gasteiger partial charge in [-0.3, -0.25) is 0 Å². The van der Waals surface area contributed by atoms with Crippen LogP contribution in [-0.4, -0.2) is 24.6 Å². The van der Waals surface area contributed by atoms with E-state index in [0.717, 1.165) is 45.5 Å². The van der Waals surface area contributed by atoms with Crippen LogP contribution in [-0.2, 0) is 6.42 Å². The Bertz CT molecular complexity index is 1400. The highest BCUT2D eigenvalue weighted by atomic mass is 32.1. The van der Waals surface area contributed by atoms with E-state index in [1.165, 1.54) is 16.7 Å². The molecule has 3 heterocycles. The van der Waals surface area contributed by atoms with Crippen molar-refractivity contribution in [1.29, 1.82) is 0 Å². The number of thiazole rings is 1. The van der Waals surface area contributed by atoms with Gasteiger partial charge in [0.1, 0.15) is 11.6 Å². The minimum absolute atomic E-state index is 0.535. The second-order valence-corrected chi connectivity index (χ2v) is 8.92. The van der Waals surface area contributed by atoms with Crippen LogP contribution < -0.4 is 5.32 Å². The molecule has 5 aromatic rings. The molecule has 160 valence electrons. The molecule has 0 fully saturated rings. The number of rotatable bonds is 5. The molecule has 0 unspecified atom stereocenters. The SMILES string of the molecule is Cc1ccc(Cc2c(C)nc(C)nc2Nc2nc3scc(-c4ccc(C)cc4)n3n2)cc1. The minimum atomic E-state index is 0.535. The summed E-state index contributed by atoms with van der Waals surface area (Å²) in [7, 11) is 0. The Labute approximate surface area is 191 Å². The quantitative estimate of drug-likeness (QED) is 0.373. The van der Waals surface area contributed by atoms with E-state index in [0.29, 0.717) is 5.95 Å². The molecule has 0 saturated heterocycles. The van der Waals surface area contributed by atoms with E-state index in [2.05, 4.69) is 88.0 Å². The topological polar surface area (TPSA) is 68.0 Å². The maximum atomic E-state index is 4.73. The highest BCUT2D eigenvalue weighted by Gasteiger charge is 2.16. The fourth-order valence-electron chi connectivity index (χ4n) is 3.72. The second-order valence-electron chi connectivity index (χ2n) is 8.09. The zero-order valence-corrected chi connectivity index (χ0v) is 19.4. The van der Waals surface area contributed by atoms with Gasteiger partial charge >= 0.3 is 0 Å². The molecule has 0 radical (unpaired) electrons. The van der Waals surface area contributed by atoms with E-state index in [-0.39, 0.29) is 0 Å². The van der Waals surface area contributed by atoms with Gasteiger partial charge in [0.25, 0.3) is 0 Å². The van der Waals surface area contributed by atoms with Crippen molar-refractivity contribution in [1.82, 2.24) is 24.6 Å². The van der Waals surface area contributed by atoms with Crippen molar-refractivity contribution in [3.63, 3.8) is 0 Å². The zero-order chi connectivity index (χ0) is 22.2. The van der Waals surface area contributed by atoms with Crippen LogP contribution in [0.25, 0.3) is 16.2 Å². The Balaban J connectivity index is 1.49. The lowest BCUT2D eigenvalue weighted by atomic mass is 10.0. The van der Waals surface area contributed by atoms with Crippen LogP contribution >= 0.6 is 11.3 Å². The lowest BCUT2D eigenvalue weighted by Crippen LogP contribution is -2.07. The van der Waals surface area contributed by atoms with Gasteiger partial charge in [-0.2, -0.15) is 4.98 Å². The molecule has 1 N–H and O–H groups in total. The van der Waals surface area contributed by atoms with Crippen molar-refractivity contribution < 1.29 is 0 Å². The summed E-state index contributed by atoms with van der Waals surface area (Å²) in [4.78, 5) is 14.8. The van der Waals surface area contributed by atoms with Crippen LogP contribution in [0.3, 0.4) is 0 Å². The summed E-state index contributed by atoms with van der Waals surface area (Å²) < 4.78 is 1.89. The molecule has 2 aromatic carbocycles. The summed E-state index contributed by atoms with van der Waals surface area (Å²) in [5, 5.41) is 10.2. The number of fused-ring (bicyclic) bond motifs is 1. The molecule has 0 saturated carbocycles. The minimum Gasteiger partial charge on any atom is -0.307 e. The van der Waals surface area contributed by atoms with Gasteiger partial charge in [-0.05, 0) is 33.3 Å². The first-order valence-corrected chi connectivity index (χ1v) is 11.4. The number of hydrogen-bond acceptors (Lipinski definition) is 6. The summed E-state index contributed by atoms with van der Waals surface area (Å²) in [6.07, 6.45) is 0.742. The third-order valence-corrected chi connectivity index (χ3v) is 6.30. The van der Waals surface area contributed by atoms with Crippen LogP contribution in [0.2, 0.25) is 0 Å². The van der Waals surface area contributed by atoms with Crippen LogP contribution in [0.5, 0.6) is 0 Å². The molecule has 6 nitrogen and oxygen atoms in total. The summed E-state index contributed by atoms with van der Waals surface area (Å²) in [6.45, 7) is 8.11. The third-order valence-electron chi connectivity index (χ3n) is 5.49. The number of aromatic nitrogens is 5. The normalized spacial score (nSPS) is 11.2. The Morgan fingerprint density at radius 1 is 0.844 bits per heavy atom. The van der Waals surface area contributed by atoms with Crippen molar-refractivity contribution in [2.45, 2.75) is 34.1 Å². The highest BCUT2D eigenvalue weighted by Crippen LogP contribution is 2.28. The van der Waals surface area contributed by atoms with E-state index >= 15 is 0 Å². The molecule has 0 aliphatic rings. The number of hydrogen-bond donors (Lipinski definition) is 1. The predicted molar refractivity (Wildman–Crippen MR) is 130 cm³/mol. The molecule has 32 heavy (non-hydrogen) atoms. The van der Waals surface area contributed by atoms with Crippen LogP contribution in [0, 0.1) is 27.7 Å². The number of nitrogens with zero attached hydrogens (tertiary/aromatic N) is 5. The van der Waals surface area contributed by atoms with Crippen LogP contribution in [0.1, 0.15) is 33.8 Å². The number of anilines is 2. The van der Waals surface area contributed by atoms with E-state index in [9.17, 15) is 0 Å². The molecule has 0 aliphatic heterocycles. The molecule has 0 aliphatic carbocycles. The molecule has 7 heteroatoms. The van der Waals surface area contributed by atoms with Gasteiger partial charge in [-0.1, -0.05) is 59.7 Å². The van der Waals surface area contributed by atoms with Gasteiger partial charge in [0.2, 0.25) is 10.9 Å². The summed E-state index contributed by atoms with van der Waals surface area (Å²) in [6, 6.07) is 17.0. The van der Waals surface area contributed by atoms with Crippen molar-refractivity contribution in [2.24, 2.45) is 0 Å². The first-order valence-electron chi connectivity index (χ1n) is 10.5. The fourth-order valence-corrected chi connectivity index (χ4v) is 4.56. The molecule has 0 spiro atoms. The summed E-state index contributed by atoms with van der Waals surface area (Å²) in [5.74, 6) is 2.01. The Kier molecular flexibility index (Phi) is 5.19. The molecule has 0 atom stereocenters. The van der Waals surface area contributed by atoms with Crippen molar-refractivity contribution in [2.75, 3.05) is 5.32 Å². The number of nitrogens with one attached hydrogen (secondary N) is 1. The predicted octanol–water partition coefficient (Wildman–Crippen LogP) is 5.82. The smallest absolute Gasteiger partial charge is 0.249 e. The van der Waals surface area contributed by atoms with Crippen LogP contribution in [0.15, 0.2) is 53.9 Å². The summed E-state index contributed by atoms with van der Waals surface area (Å²) in [5.41, 5.74) is 7.85. The first-order chi connectivity index (χ1) is 15.5. The Hall–Kier alpha value is -3.58. The van der Waals surface area contributed by atoms with E-state index in [1.54, 1.807) is 11.3 Å². The largest absolute Gasteiger partial charge is 0.307 e. The lowest BCUT2D eigenvalue weighted by Gasteiger charge is -2.13. The Morgan fingerprint density at radius 3 is 2.25 bits per heavy atom. The van der Waals surface area contributed by atoms with Gasteiger partial charge in [-0.25, -0.2) is 14.5 Å².